The van der Waals surface area contributed by atoms with Crippen LogP contribution in [0.2, 0.25) is 0 Å². The van der Waals surface area contributed by atoms with E-state index in [-0.39, 0.29) is 30.9 Å². The smallest absolute Gasteiger partial charge is 0.348 e. The van der Waals surface area contributed by atoms with Crippen LogP contribution in [0.3, 0.4) is 0 Å². The van der Waals surface area contributed by atoms with Crippen molar-refractivity contribution >= 4 is 7.82 Å². The highest BCUT2D eigenvalue weighted by Gasteiger charge is 2.62. The monoisotopic (exact) mass is 535 g/mol. The molecule has 0 aliphatic carbocycles. The van der Waals surface area contributed by atoms with Crippen molar-refractivity contribution in [3.05, 3.63) is 35.8 Å². The first-order chi connectivity index (χ1) is 16.9. The van der Waals surface area contributed by atoms with Crippen molar-refractivity contribution in [3.63, 3.8) is 0 Å². The van der Waals surface area contributed by atoms with Crippen molar-refractivity contribution < 1.29 is 51.0 Å². The Morgan fingerprint density at radius 1 is 1.14 bits per heavy atom. The van der Waals surface area contributed by atoms with Crippen LogP contribution in [0.4, 0.5) is 13.2 Å². The molecule has 3 aliphatic heterocycles. The van der Waals surface area contributed by atoms with Crippen LogP contribution in [-0.2, 0) is 28.0 Å². The zero-order chi connectivity index (χ0) is 25.9. The number of hydrogen-bond donors (Lipinski definition) is 2. The molecule has 3 aliphatic rings. The maximum absolute atomic E-state index is 13.8. The molecule has 198 valence electrons. The SMILES string of the molecule is CC1(C)OC[C@H]2O[C@@]3(CCCCO3)[C@H](OP(=O)(O)O)[C@@H](n3cc(-c4cc(F)c(F)c(F)c4)nn3)[C@H]2O1. The van der Waals surface area contributed by atoms with Gasteiger partial charge in [0, 0.05) is 12.0 Å². The van der Waals surface area contributed by atoms with Crippen molar-refractivity contribution in [2.24, 2.45) is 0 Å². The van der Waals surface area contributed by atoms with Gasteiger partial charge in [0.2, 0.25) is 0 Å². The molecule has 1 spiro atoms. The maximum Gasteiger partial charge on any atom is 0.470 e. The van der Waals surface area contributed by atoms with Crippen molar-refractivity contribution in [3.8, 4) is 11.3 Å². The number of phosphoric ester groups is 1. The minimum atomic E-state index is -5.08. The second-order valence-corrected chi connectivity index (χ2v) is 10.6. The number of nitrogens with zero attached hydrogens (tertiary/aromatic N) is 3. The first kappa shape index (κ1) is 25.7. The topological polar surface area (TPSA) is 134 Å². The fraction of sp³-hybridized carbons (Fsp3) is 0.619. The average Bonchev–Trinajstić information content (AvgIpc) is 3.27. The second kappa shape index (κ2) is 9.14. The molecule has 4 heterocycles. The lowest BCUT2D eigenvalue weighted by atomic mass is 9.85. The molecule has 3 saturated heterocycles. The number of benzene rings is 1. The maximum atomic E-state index is 13.8. The Labute approximate surface area is 203 Å². The number of rotatable bonds is 4. The molecular weight excluding hydrogens is 510 g/mol. The Morgan fingerprint density at radius 3 is 2.50 bits per heavy atom. The third kappa shape index (κ3) is 4.84. The van der Waals surface area contributed by atoms with Crippen molar-refractivity contribution in [2.75, 3.05) is 13.2 Å². The summed E-state index contributed by atoms with van der Waals surface area (Å²) in [5.41, 5.74) is -0.110. The molecular formula is C21H25F3N3O8P. The van der Waals surface area contributed by atoms with E-state index in [4.69, 9.17) is 23.5 Å². The van der Waals surface area contributed by atoms with Crippen molar-refractivity contribution in [2.45, 2.75) is 69.0 Å². The van der Waals surface area contributed by atoms with Crippen molar-refractivity contribution in [1.29, 1.82) is 0 Å². The summed E-state index contributed by atoms with van der Waals surface area (Å²) in [4.78, 5) is 19.5. The highest BCUT2D eigenvalue weighted by molar-refractivity contribution is 7.46. The summed E-state index contributed by atoms with van der Waals surface area (Å²) in [6.07, 6.45) is -0.126. The number of aromatic nitrogens is 3. The summed E-state index contributed by atoms with van der Waals surface area (Å²) >= 11 is 0. The molecule has 2 aromatic rings. The van der Waals surface area contributed by atoms with E-state index in [9.17, 15) is 27.5 Å². The van der Waals surface area contributed by atoms with Gasteiger partial charge in [0.1, 0.15) is 30.0 Å². The van der Waals surface area contributed by atoms with Crippen LogP contribution in [0, 0.1) is 17.5 Å². The molecule has 5 rings (SSSR count). The third-order valence-corrected chi connectivity index (χ3v) is 6.93. The lowest BCUT2D eigenvalue weighted by Crippen LogP contribution is -2.68. The van der Waals surface area contributed by atoms with E-state index in [2.05, 4.69) is 10.3 Å². The molecule has 0 amide bonds. The Balaban J connectivity index is 1.61. The molecule has 0 saturated carbocycles. The van der Waals surface area contributed by atoms with Gasteiger partial charge < -0.3 is 28.7 Å². The molecule has 11 nitrogen and oxygen atoms in total. The van der Waals surface area contributed by atoms with Gasteiger partial charge in [-0.15, -0.1) is 5.10 Å². The van der Waals surface area contributed by atoms with Crippen LogP contribution in [0.1, 0.15) is 39.2 Å². The highest BCUT2D eigenvalue weighted by Crippen LogP contribution is 2.52. The highest BCUT2D eigenvalue weighted by atomic mass is 31.2. The Bertz CT molecular complexity index is 1160. The fourth-order valence-electron chi connectivity index (χ4n) is 4.91. The number of fused-ring (bicyclic) bond motifs is 1. The minimum absolute atomic E-state index is 0.0179. The van der Waals surface area contributed by atoms with E-state index in [0.29, 0.717) is 12.8 Å². The summed E-state index contributed by atoms with van der Waals surface area (Å²) < 4.78 is 83.7. The summed E-state index contributed by atoms with van der Waals surface area (Å²) in [5, 5.41) is 8.01. The van der Waals surface area contributed by atoms with E-state index in [0.717, 1.165) is 12.1 Å². The van der Waals surface area contributed by atoms with Gasteiger partial charge in [-0.05, 0) is 38.8 Å². The Kier molecular flexibility index (Phi) is 6.53. The van der Waals surface area contributed by atoms with E-state index in [1.165, 1.54) is 10.9 Å². The first-order valence-electron chi connectivity index (χ1n) is 11.3. The Morgan fingerprint density at radius 2 is 1.86 bits per heavy atom. The van der Waals surface area contributed by atoms with Crippen LogP contribution < -0.4 is 0 Å². The van der Waals surface area contributed by atoms with E-state index in [1.54, 1.807) is 13.8 Å². The molecule has 3 fully saturated rings. The van der Waals surface area contributed by atoms with Gasteiger partial charge in [-0.2, -0.15) is 0 Å². The number of halogens is 3. The molecule has 5 atom stereocenters. The summed E-state index contributed by atoms with van der Waals surface area (Å²) in [5.74, 6) is -7.07. The van der Waals surface area contributed by atoms with Gasteiger partial charge in [-0.3, -0.25) is 4.52 Å². The van der Waals surface area contributed by atoms with Crippen LogP contribution in [0.5, 0.6) is 0 Å². The van der Waals surface area contributed by atoms with Gasteiger partial charge in [-0.25, -0.2) is 22.4 Å². The van der Waals surface area contributed by atoms with Gasteiger partial charge in [0.25, 0.3) is 0 Å². The molecule has 36 heavy (non-hydrogen) atoms. The summed E-state index contributed by atoms with van der Waals surface area (Å²) in [7, 11) is -5.08. The van der Waals surface area contributed by atoms with Crippen LogP contribution in [-0.4, -0.2) is 67.9 Å². The van der Waals surface area contributed by atoms with Gasteiger partial charge >= 0.3 is 7.82 Å². The Hall–Kier alpha value is -1.90. The summed E-state index contributed by atoms with van der Waals surface area (Å²) in [6.45, 7) is 3.67. The standard InChI is InChI=1S/C21H25F3N3O8P/c1-20(2)32-10-15-18(34-20)17(19(35-36(28,29)30)21(33-15)5-3-4-6-31-21)27-9-14(25-26-27)11-7-12(22)16(24)13(23)8-11/h7-9,15,17-19H,3-6,10H2,1-2H3,(H2,28,29,30)/t15-,17+,18+,19-,21+/m1/s1. The molecule has 0 radical (unpaired) electrons. The molecule has 1 aromatic heterocycles. The molecule has 2 N–H and O–H groups in total. The van der Waals surface area contributed by atoms with Crippen LogP contribution >= 0.6 is 7.82 Å². The van der Waals surface area contributed by atoms with Crippen LogP contribution in [0.15, 0.2) is 18.3 Å². The van der Waals surface area contributed by atoms with E-state index < -0.39 is 61.2 Å². The first-order valence-corrected chi connectivity index (χ1v) is 12.8. The number of phosphoric acid groups is 1. The normalized spacial score (nSPS) is 32.4. The summed E-state index contributed by atoms with van der Waals surface area (Å²) in [6, 6.07) is 0.473. The third-order valence-electron chi connectivity index (χ3n) is 6.42. The lowest BCUT2D eigenvalue weighted by molar-refractivity contribution is -0.411. The van der Waals surface area contributed by atoms with Gasteiger partial charge in [0.15, 0.2) is 29.0 Å². The predicted molar refractivity (Wildman–Crippen MR) is 114 cm³/mol. The van der Waals surface area contributed by atoms with Crippen molar-refractivity contribution in [1.82, 2.24) is 15.0 Å². The lowest BCUT2D eigenvalue weighted by Gasteiger charge is -2.56. The second-order valence-electron chi connectivity index (χ2n) is 9.41. The molecule has 15 heteroatoms. The number of hydrogen-bond acceptors (Lipinski definition) is 8. The number of ether oxygens (including phenoxy) is 4. The zero-order valence-electron chi connectivity index (χ0n) is 19.3. The predicted octanol–water partition coefficient (Wildman–Crippen LogP) is 2.83. The van der Waals surface area contributed by atoms with Crippen LogP contribution in [0.25, 0.3) is 11.3 Å². The minimum Gasteiger partial charge on any atom is -0.348 e. The molecule has 0 bridgehead atoms. The average molecular weight is 535 g/mol. The zero-order valence-corrected chi connectivity index (χ0v) is 20.2. The largest absolute Gasteiger partial charge is 0.470 e. The fourth-order valence-corrected chi connectivity index (χ4v) is 5.49. The molecule has 0 unspecified atom stereocenters. The van der Waals surface area contributed by atoms with Gasteiger partial charge in [-0.1, -0.05) is 5.21 Å². The molecule has 1 aromatic carbocycles. The van der Waals surface area contributed by atoms with E-state index in [1.807, 2.05) is 0 Å². The van der Waals surface area contributed by atoms with E-state index >= 15 is 0 Å². The quantitative estimate of drug-likeness (QED) is 0.445. The van der Waals surface area contributed by atoms with Gasteiger partial charge in [0.05, 0.1) is 19.4 Å².